The number of aromatic nitrogens is 3. The molecule has 0 aliphatic carbocycles. The minimum absolute atomic E-state index is 0. The number of aryl methyl sites for hydroxylation is 2. The summed E-state index contributed by atoms with van der Waals surface area (Å²) in [5.41, 5.74) is 5.62. The monoisotopic (exact) mass is 575 g/mol. The number of hydrogen-bond donors (Lipinski definition) is 0. The van der Waals surface area contributed by atoms with Crippen molar-refractivity contribution in [2.24, 2.45) is 0 Å². The molecule has 0 amide bonds. The van der Waals surface area contributed by atoms with Crippen molar-refractivity contribution < 1.29 is 50.7 Å². The van der Waals surface area contributed by atoms with Crippen molar-refractivity contribution in [2.45, 2.75) is 13.8 Å². The average molecular weight is 575 g/mol. The van der Waals surface area contributed by atoms with Crippen LogP contribution in [0.15, 0.2) is 78.9 Å². The van der Waals surface area contributed by atoms with E-state index in [1.165, 1.54) is 21.9 Å². The quantitative estimate of drug-likeness (QED) is 0.196. The third-order valence-corrected chi connectivity index (χ3v) is 4.43. The Hall–Kier alpha value is -1.75. The maximum atomic E-state index is 4.48. The van der Waals surface area contributed by atoms with Crippen LogP contribution in [0.25, 0.3) is 27.5 Å². The summed E-state index contributed by atoms with van der Waals surface area (Å²) in [6, 6.07) is 26.7. The van der Waals surface area contributed by atoms with Crippen LogP contribution < -0.4 is 24.8 Å². The molecule has 3 nitrogen and oxygen atoms in total. The number of rotatable bonds is 1. The second-order valence-electron chi connectivity index (χ2n) is 6.21. The van der Waals surface area contributed by atoms with E-state index in [0.717, 1.165) is 16.7 Å². The van der Waals surface area contributed by atoms with Crippen molar-refractivity contribution in [3.05, 3.63) is 90.0 Å². The fourth-order valence-electron chi connectivity index (χ4n) is 2.82. The summed E-state index contributed by atoms with van der Waals surface area (Å²) in [6.45, 7) is 4.24. The van der Waals surface area contributed by atoms with Crippen molar-refractivity contribution >= 4 is 21.8 Å². The van der Waals surface area contributed by atoms with Gasteiger partial charge in [-0.15, -0.1) is 51.3 Å². The van der Waals surface area contributed by atoms with Crippen LogP contribution in [-0.2, 0) is 25.8 Å². The normalized spacial score (nSPS) is 9.64. The van der Waals surface area contributed by atoms with Crippen molar-refractivity contribution in [3.63, 3.8) is 0 Å². The molecular formula is C22H19Cl2HfN3. The van der Waals surface area contributed by atoms with E-state index in [2.05, 4.69) is 66.5 Å². The first-order valence-corrected chi connectivity index (χ1v) is 8.37. The molecule has 0 aliphatic heterocycles. The minimum atomic E-state index is 0. The molecule has 4 aromatic carbocycles. The van der Waals surface area contributed by atoms with Crippen molar-refractivity contribution in [2.75, 3.05) is 0 Å². The molecule has 28 heavy (non-hydrogen) atoms. The zero-order chi connectivity index (χ0) is 17.2. The molecular weight excluding hydrogens is 556 g/mol. The number of hydrogen-bond acceptors (Lipinski definition) is 2. The van der Waals surface area contributed by atoms with E-state index in [9.17, 15) is 0 Å². The third-order valence-electron chi connectivity index (χ3n) is 4.43. The van der Waals surface area contributed by atoms with Gasteiger partial charge in [0.05, 0.1) is 0 Å². The topological polar surface area (TPSA) is 30.7 Å². The van der Waals surface area contributed by atoms with Crippen LogP contribution in [-0.4, -0.2) is 15.0 Å². The van der Waals surface area contributed by atoms with Crippen molar-refractivity contribution in [1.29, 1.82) is 0 Å². The Morgan fingerprint density at radius 1 is 0.857 bits per heavy atom. The van der Waals surface area contributed by atoms with Gasteiger partial charge in [-0.1, -0.05) is 32.0 Å². The fraction of sp³-hybridized carbons (Fsp3) is 0.0909. The fourth-order valence-corrected chi connectivity index (χ4v) is 2.82. The molecule has 6 heteroatoms. The molecule has 0 atom stereocenters. The molecule has 1 heterocycles. The first-order chi connectivity index (χ1) is 12.2. The van der Waals surface area contributed by atoms with Crippen LogP contribution in [0.4, 0.5) is 0 Å². The van der Waals surface area contributed by atoms with Gasteiger partial charge in [0.1, 0.15) is 11.0 Å². The number of halogens is 2. The van der Waals surface area contributed by atoms with E-state index in [4.69, 9.17) is 0 Å². The zero-order valence-electron chi connectivity index (χ0n) is 15.6. The van der Waals surface area contributed by atoms with E-state index in [0.29, 0.717) is 0 Å². The summed E-state index contributed by atoms with van der Waals surface area (Å²) in [7, 11) is 0. The van der Waals surface area contributed by atoms with E-state index < -0.39 is 0 Å². The molecule has 1 aromatic heterocycles. The molecule has 5 rings (SSSR count). The van der Waals surface area contributed by atoms with Crippen LogP contribution in [0, 0.1) is 13.8 Å². The van der Waals surface area contributed by atoms with Gasteiger partial charge in [0.2, 0.25) is 0 Å². The second kappa shape index (κ2) is 10.7. The summed E-state index contributed by atoms with van der Waals surface area (Å²) in [6.07, 6.45) is 0. The molecule has 0 spiro atoms. The standard InChI is InChI=1S/C15H10N3.C7H9.2ClH.Hf/c1-2-6-12-10-13(9-11(12)5-1)18-16-14-7-3-4-8-15(14)17-18;1-6-4-3-5-7(6)2;;;/h1-10H;3-5H,1-2H3;2*1H;/q2*-1;;;+4/p-2. The maximum Gasteiger partial charge on any atom is 4.00 e. The van der Waals surface area contributed by atoms with Gasteiger partial charge in [0.25, 0.3) is 0 Å². The molecule has 140 valence electrons. The van der Waals surface area contributed by atoms with Crippen LogP contribution in [0.3, 0.4) is 0 Å². The Morgan fingerprint density at radius 2 is 1.46 bits per heavy atom. The van der Waals surface area contributed by atoms with Gasteiger partial charge >= 0.3 is 25.8 Å². The van der Waals surface area contributed by atoms with Gasteiger partial charge in [0, 0.05) is 0 Å². The van der Waals surface area contributed by atoms with E-state index in [-0.39, 0.29) is 50.7 Å². The van der Waals surface area contributed by atoms with Gasteiger partial charge in [-0.2, -0.15) is 22.0 Å². The second-order valence-corrected chi connectivity index (χ2v) is 6.21. The van der Waals surface area contributed by atoms with Gasteiger partial charge < -0.3 is 24.8 Å². The summed E-state index contributed by atoms with van der Waals surface area (Å²) in [5.74, 6) is 0. The van der Waals surface area contributed by atoms with Gasteiger partial charge in [0.15, 0.2) is 0 Å². The van der Waals surface area contributed by atoms with E-state index in [1.807, 2.05) is 36.4 Å². The Bertz CT molecular complexity index is 986. The predicted octanol–water partition coefficient (Wildman–Crippen LogP) is -0.680. The molecule has 0 unspecified atom stereocenters. The SMILES string of the molecule is Cc1ccc[c-]1C.[Cl-].[Cl-].[Hf+4].c1ccc2[cH-]c(-n3nc4ccccc4n3)cc2c1. The van der Waals surface area contributed by atoms with E-state index in [1.54, 1.807) is 4.80 Å². The van der Waals surface area contributed by atoms with E-state index >= 15 is 0 Å². The van der Waals surface area contributed by atoms with Crippen molar-refractivity contribution in [3.8, 4) is 5.69 Å². The molecule has 0 bridgehead atoms. The van der Waals surface area contributed by atoms with Gasteiger partial charge in [-0.05, 0) is 17.8 Å². The minimum Gasteiger partial charge on any atom is -1.00 e. The average Bonchev–Trinajstić information content (AvgIpc) is 3.33. The number of benzene rings is 2. The Kier molecular flexibility index (Phi) is 9.28. The first-order valence-electron chi connectivity index (χ1n) is 8.37. The summed E-state index contributed by atoms with van der Waals surface area (Å²) >= 11 is 0. The zero-order valence-corrected chi connectivity index (χ0v) is 20.7. The smallest absolute Gasteiger partial charge is 1.00 e. The molecule has 0 saturated carbocycles. The van der Waals surface area contributed by atoms with Gasteiger partial charge in [-0.25, -0.2) is 12.1 Å². The van der Waals surface area contributed by atoms with Crippen LogP contribution in [0.1, 0.15) is 11.1 Å². The predicted molar refractivity (Wildman–Crippen MR) is 103 cm³/mol. The maximum absolute atomic E-state index is 4.48. The molecule has 0 N–H and O–H groups in total. The Morgan fingerprint density at radius 3 is 1.96 bits per heavy atom. The molecule has 5 aromatic rings. The Labute approximate surface area is 196 Å². The molecule has 0 saturated heterocycles. The molecule has 0 aliphatic rings. The van der Waals surface area contributed by atoms with Crippen LogP contribution in [0.2, 0.25) is 0 Å². The first kappa shape index (κ1) is 24.3. The summed E-state index contributed by atoms with van der Waals surface area (Å²) < 4.78 is 0. The summed E-state index contributed by atoms with van der Waals surface area (Å²) in [5, 5.41) is 11.4. The molecule has 0 fully saturated rings. The molecule has 0 radical (unpaired) electrons. The largest absolute Gasteiger partial charge is 4.00 e. The summed E-state index contributed by atoms with van der Waals surface area (Å²) in [4.78, 5) is 1.70. The van der Waals surface area contributed by atoms with Crippen LogP contribution >= 0.6 is 0 Å². The van der Waals surface area contributed by atoms with Crippen LogP contribution in [0.5, 0.6) is 0 Å². The number of fused-ring (bicyclic) bond motifs is 2. The third kappa shape index (κ3) is 5.19. The number of nitrogens with zero attached hydrogens (tertiary/aromatic N) is 3. The van der Waals surface area contributed by atoms with Crippen molar-refractivity contribution in [1.82, 2.24) is 15.0 Å². The van der Waals surface area contributed by atoms with Gasteiger partial charge in [-0.3, -0.25) is 0 Å². The Balaban J connectivity index is 0.000000341.